The lowest BCUT2D eigenvalue weighted by Crippen LogP contribution is -2.10. The van der Waals surface area contributed by atoms with Gasteiger partial charge in [0.2, 0.25) is 0 Å². The number of rotatable bonds is 0. The van der Waals surface area contributed by atoms with Crippen molar-refractivity contribution in [2.24, 2.45) is 0 Å². The molecule has 0 saturated heterocycles. The van der Waals surface area contributed by atoms with Crippen molar-refractivity contribution in [1.82, 2.24) is 0 Å². The third kappa shape index (κ3) is 2.71. The van der Waals surface area contributed by atoms with E-state index >= 15 is 0 Å². The predicted molar refractivity (Wildman–Crippen MR) is 61.0 cm³/mol. The van der Waals surface area contributed by atoms with E-state index in [2.05, 4.69) is 43.1 Å². The van der Waals surface area contributed by atoms with Crippen LogP contribution in [0, 0.1) is 0 Å². The molecule has 1 atom stereocenters. The van der Waals surface area contributed by atoms with Gasteiger partial charge in [0.25, 0.3) is 0 Å². The summed E-state index contributed by atoms with van der Waals surface area (Å²) in [7, 11) is -0.476. The van der Waals surface area contributed by atoms with Crippen LogP contribution in [0.5, 0.6) is 0 Å². The fourth-order valence-corrected chi connectivity index (χ4v) is 2.92. The highest BCUT2D eigenvalue weighted by atomic mass is 32.3. The van der Waals surface area contributed by atoms with Gasteiger partial charge in [0.05, 0.1) is 0 Å². The summed E-state index contributed by atoms with van der Waals surface area (Å²) in [6.07, 6.45) is 15.5. The minimum absolute atomic E-state index is 0.476. The van der Waals surface area contributed by atoms with Gasteiger partial charge in [0, 0.05) is 0 Å². The zero-order valence-corrected chi connectivity index (χ0v) is 9.23. The fourth-order valence-electron chi connectivity index (χ4n) is 1.38. The first-order valence-electron chi connectivity index (χ1n) is 4.68. The summed E-state index contributed by atoms with van der Waals surface area (Å²) in [6, 6.07) is 0. The molecule has 0 spiro atoms. The molecule has 0 bridgehead atoms. The van der Waals surface area contributed by atoms with Gasteiger partial charge >= 0.3 is 0 Å². The largest absolute Gasteiger partial charge is 0.224 e. The lowest BCUT2D eigenvalue weighted by Gasteiger charge is -2.34. The van der Waals surface area contributed by atoms with Gasteiger partial charge in [-0.15, -0.1) is 0 Å². The van der Waals surface area contributed by atoms with E-state index in [1.54, 1.807) is 0 Å². The molecule has 0 radical (unpaired) electrons. The first-order valence-corrected chi connectivity index (χ1v) is 7.26. The molecule has 0 aliphatic carbocycles. The quantitative estimate of drug-likeness (QED) is 0.538. The van der Waals surface area contributed by atoms with Crippen LogP contribution in [0.25, 0.3) is 0 Å². The molecule has 0 saturated carbocycles. The summed E-state index contributed by atoms with van der Waals surface area (Å²) in [5.41, 5.74) is 0. The zero-order valence-electron chi connectivity index (χ0n) is 8.42. The second kappa shape index (κ2) is 4.18. The maximum absolute atomic E-state index is 2.42. The van der Waals surface area contributed by atoms with E-state index in [-0.39, 0.29) is 0 Å². The van der Waals surface area contributed by atoms with Crippen molar-refractivity contribution in [2.75, 3.05) is 12.5 Å². The average Bonchev–Trinajstić information content (AvgIpc) is 2.06. The molecule has 0 aromatic rings. The minimum atomic E-state index is -0.476. The van der Waals surface area contributed by atoms with Crippen molar-refractivity contribution in [2.45, 2.75) is 31.4 Å². The van der Waals surface area contributed by atoms with E-state index in [1.807, 2.05) is 0 Å². The van der Waals surface area contributed by atoms with E-state index < -0.39 is 10.0 Å². The van der Waals surface area contributed by atoms with Crippen molar-refractivity contribution in [3.05, 3.63) is 23.6 Å². The molecular weight excluding hydrogens is 164 g/mol. The van der Waals surface area contributed by atoms with Gasteiger partial charge in [-0.05, 0) is 42.4 Å². The molecule has 1 heterocycles. The van der Waals surface area contributed by atoms with E-state index in [1.165, 1.54) is 19.3 Å². The molecule has 1 aliphatic rings. The van der Waals surface area contributed by atoms with Gasteiger partial charge < -0.3 is 0 Å². The molecule has 1 heteroatoms. The zero-order chi connectivity index (χ0) is 9.03. The third-order valence-corrected chi connectivity index (χ3v) is 5.86. The molecule has 12 heavy (non-hydrogen) atoms. The van der Waals surface area contributed by atoms with E-state index in [0.717, 1.165) is 5.25 Å². The van der Waals surface area contributed by atoms with Crippen LogP contribution < -0.4 is 0 Å². The lowest BCUT2D eigenvalue weighted by atomic mass is 10.2. The van der Waals surface area contributed by atoms with Crippen molar-refractivity contribution in [1.29, 1.82) is 0 Å². The molecule has 0 aromatic heterocycles. The van der Waals surface area contributed by atoms with Gasteiger partial charge in [-0.3, -0.25) is 0 Å². The Morgan fingerprint density at radius 1 is 1.25 bits per heavy atom. The van der Waals surface area contributed by atoms with Crippen LogP contribution in [-0.2, 0) is 0 Å². The number of hydrogen-bond donors (Lipinski definition) is 0. The summed E-state index contributed by atoms with van der Waals surface area (Å²) >= 11 is 0. The molecule has 0 N–H and O–H groups in total. The van der Waals surface area contributed by atoms with Gasteiger partial charge in [0.15, 0.2) is 0 Å². The number of allylic oxidation sites excluding steroid dienone is 3. The molecule has 0 amide bonds. The van der Waals surface area contributed by atoms with E-state index in [9.17, 15) is 0 Å². The molecule has 1 rings (SSSR count). The van der Waals surface area contributed by atoms with E-state index in [4.69, 9.17) is 0 Å². The Morgan fingerprint density at radius 3 is 2.75 bits per heavy atom. The van der Waals surface area contributed by atoms with Gasteiger partial charge in [0.1, 0.15) is 0 Å². The third-order valence-electron chi connectivity index (χ3n) is 2.69. The Kier molecular flexibility index (Phi) is 3.45. The molecule has 0 nitrogen and oxygen atoms in total. The second-order valence-corrected chi connectivity index (χ2v) is 8.04. The highest BCUT2D eigenvalue weighted by molar-refractivity contribution is 8.35. The summed E-state index contributed by atoms with van der Waals surface area (Å²) in [4.78, 5) is 0. The molecule has 70 valence electrons. The molecule has 0 aromatic carbocycles. The van der Waals surface area contributed by atoms with Crippen molar-refractivity contribution < 1.29 is 0 Å². The van der Waals surface area contributed by atoms with Gasteiger partial charge in [-0.1, -0.05) is 25.2 Å². The SMILES string of the molecule is CC1CCC/C=C\C=C/S1(C)C. The Balaban J connectivity index is 2.70. The Labute approximate surface area is 78.1 Å². The number of hydrogen-bond acceptors (Lipinski definition) is 0. The van der Waals surface area contributed by atoms with Crippen molar-refractivity contribution in [3.8, 4) is 0 Å². The highest BCUT2D eigenvalue weighted by Gasteiger charge is 2.16. The van der Waals surface area contributed by atoms with Crippen LogP contribution in [0.3, 0.4) is 0 Å². The summed E-state index contributed by atoms with van der Waals surface area (Å²) < 4.78 is 0. The monoisotopic (exact) mass is 184 g/mol. The standard InChI is InChI=1S/C11H20S/c1-11-9-7-5-4-6-8-10-12(11,2)3/h4,6,8,10-11H,5,7,9H2,1-3H3/b6-4-,10-8-. The van der Waals surface area contributed by atoms with Crippen molar-refractivity contribution >= 4 is 10.0 Å². The summed E-state index contributed by atoms with van der Waals surface area (Å²) in [5, 5.41) is 3.30. The van der Waals surface area contributed by atoms with Crippen LogP contribution in [0.4, 0.5) is 0 Å². The molecule has 1 unspecified atom stereocenters. The van der Waals surface area contributed by atoms with Crippen LogP contribution in [-0.4, -0.2) is 17.8 Å². The Hall–Kier alpha value is -0.170. The molecule has 0 fully saturated rings. The van der Waals surface area contributed by atoms with Crippen LogP contribution >= 0.6 is 10.0 Å². The van der Waals surface area contributed by atoms with Gasteiger partial charge in [-0.25, -0.2) is 10.0 Å². The predicted octanol–water partition coefficient (Wildman–Crippen LogP) is 3.69. The maximum Gasteiger partial charge on any atom is -0.0112 e. The highest BCUT2D eigenvalue weighted by Crippen LogP contribution is 2.48. The normalized spacial score (nSPS) is 37.1. The first-order chi connectivity index (χ1) is 5.63. The topological polar surface area (TPSA) is 0 Å². The molecular formula is C11H20S. The molecule has 1 aliphatic heterocycles. The maximum atomic E-state index is 2.42. The Morgan fingerprint density at radius 2 is 2.00 bits per heavy atom. The first kappa shape index (κ1) is 9.91. The van der Waals surface area contributed by atoms with Crippen LogP contribution in [0.15, 0.2) is 23.6 Å². The second-order valence-electron chi connectivity index (χ2n) is 3.99. The van der Waals surface area contributed by atoms with Crippen LogP contribution in [0.2, 0.25) is 0 Å². The summed E-state index contributed by atoms with van der Waals surface area (Å²) in [5.74, 6) is 0. The van der Waals surface area contributed by atoms with Crippen LogP contribution in [0.1, 0.15) is 26.2 Å². The van der Waals surface area contributed by atoms with Gasteiger partial charge in [-0.2, -0.15) is 0 Å². The summed E-state index contributed by atoms with van der Waals surface area (Å²) in [6.45, 7) is 2.39. The minimum Gasteiger partial charge on any atom is -0.224 e. The smallest absolute Gasteiger partial charge is 0.0112 e. The Bertz CT molecular complexity index is 189. The van der Waals surface area contributed by atoms with E-state index in [0.29, 0.717) is 0 Å². The van der Waals surface area contributed by atoms with Crippen molar-refractivity contribution in [3.63, 3.8) is 0 Å². The fraction of sp³-hybridized carbons (Fsp3) is 0.636. The lowest BCUT2D eigenvalue weighted by molar-refractivity contribution is 0.739. The average molecular weight is 184 g/mol.